The monoisotopic (exact) mass is 476 g/mol. The fourth-order valence-electron chi connectivity index (χ4n) is 3.76. The van der Waals surface area contributed by atoms with Crippen molar-refractivity contribution >= 4 is 29.3 Å². The maximum absolute atomic E-state index is 12.7. The lowest BCUT2D eigenvalue weighted by molar-refractivity contribution is -0.137. The van der Waals surface area contributed by atoms with Crippen LogP contribution in [-0.2, 0) is 35.1 Å². The van der Waals surface area contributed by atoms with Gasteiger partial charge in [0.2, 0.25) is 17.7 Å². The van der Waals surface area contributed by atoms with E-state index in [9.17, 15) is 19.2 Å². The number of nitrogens with one attached hydrogen (secondary N) is 3. The Balaban J connectivity index is 1.34. The highest BCUT2D eigenvalue weighted by Gasteiger charge is 2.39. The number of benzene rings is 1. The van der Waals surface area contributed by atoms with E-state index in [1.54, 1.807) is 18.2 Å². The van der Waals surface area contributed by atoms with Crippen molar-refractivity contribution in [2.24, 2.45) is 0 Å². The third kappa shape index (κ3) is 7.32. The first-order chi connectivity index (χ1) is 16.5. The number of nitrogens with zero attached hydrogens (tertiary/aromatic N) is 1. The molecule has 11 heteroatoms. The van der Waals surface area contributed by atoms with Crippen LogP contribution in [0.5, 0.6) is 0 Å². The summed E-state index contributed by atoms with van der Waals surface area (Å²) in [6.45, 7) is 3.81. The van der Waals surface area contributed by atoms with Crippen LogP contribution in [0.3, 0.4) is 0 Å². The van der Waals surface area contributed by atoms with E-state index in [1.165, 1.54) is 4.90 Å². The van der Waals surface area contributed by atoms with Gasteiger partial charge in [-0.3, -0.25) is 24.5 Å². The second-order valence-electron chi connectivity index (χ2n) is 8.01. The molecule has 1 aromatic carbocycles. The minimum atomic E-state index is -0.664. The number of ether oxygens (including phenoxy) is 3. The summed E-state index contributed by atoms with van der Waals surface area (Å²) < 4.78 is 16.1. The van der Waals surface area contributed by atoms with E-state index in [-0.39, 0.29) is 43.7 Å². The van der Waals surface area contributed by atoms with Gasteiger partial charge in [-0.1, -0.05) is 0 Å². The van der Waals surface area contributed by atoms with Crippen LogP contribution >= 0.6 is 0 Å². The van der Waals surface area contributed by atoms with Gasteiger partial charge < -0.3 is 29.7 Å². The molecule has 0 bridgehead atoms. The van der Waals surface area contributed by atoms with E-state index in [1.807, 2.05) is 7.05 Å². The number of amides is 4. The molecule has 1 aromatic rings. The Morgan fingerprint density at radius 1 is 1.06 bits per heavy atom. The van der Waals surface area contributed by atoms with Crippen LogP contribution in [0.25, 0.3) is 0 Å². The third-order valence-electron chi connectivity index (χ3n) is 5.52. The zero-order valence-electron chi connectivity index (χ0n) is 19.4. The third-order valence-corrected chi connectivity index (χ3v) is 5.52. The first kappa shape index (κ1) is 25.8. The van der Waals surface area contributed by atoms with Gasteiger partial charge in [0.05, 0.1) is 46.1 Å². The van der Waals surface area contributed by atoms with Gasteiger partial charge in [0.15, 0.2) is 0 Å². The molecule has 2 heterocycles. The first-order valence-corrected chi connectivity index (χ1v) is 11.4. The predicted octanol–water partition coefficient (Wildman–Crippen LogP) is 0.0454. The number of likely N-dealkylation sites (N-methyl/N-ethyl adjacent to an activating group) is 1. The Bertz CT molecular complexity index is 892. The van der Waals surface area contributed by atoms with Crippen LogP contribution in [0.2, 0.25) is 0 Å². The molecule has 3 rings (SSSR count). The Kier molecular flexibility index (Phi) is 9.95. The van der Waals surface area contributed by atoms with E-state index < -0.39 is 11.9 Å². The summed E-state index contributed by atoms with van der Waals surface area (Å²) in [5.74, 6) is -1.22. The Hall–Kier alpha value is -2.86. The zero-order chi connectivity index (χ0) is 24.3. The largest absolute Gasteiger partial charge is 0.379 e. The van der Waals surface area contributed by atoms with Crippen molar-refractivity contribution in [2.45, 2.75) is 31.8 Å². The van der Waals surface area contributed by atoms with Gasteiger partial charge in [0.25, 0.3) is 5.91 Å². The summed E-state index contributed by atoms with van der Waals surface area (Å²) in [6.07, 6.45) is 0.701. The average Bonchev–Trinajstić information content (AvgIpc) is 3.13. The number of hydrogen-bond acceptors (Lipinski definition) is 8. The quantitative estimate of drug-likeness (QED) is 0.253. The molecule has 34 heavy (non-hydrogen) atoms. The van der Waals surface area contributed by atoms with Gasteiger partial charge in [-0.25, -0.2) is 0 Å². The van der Waals surface area contributed by atoms with E-state index in [2.05, 4.69) is 16.0 Å². The summed E-state index contributed by atoms with van der Waals surface area (Å²) >= 11 is 0. The van der Waals surface area contributed by atoms with Gasteiger partial charge >= 0.3 is 0 Å². The highest BCUT2D eigenvalue weighted by molar-refractivity contribution is 6.05. The van der Waals surface area contributed by atoms with E-state index >= 15 is 0 Å². The topological polar surface area (TPSA) is 135 Å². The van der Waals surface area contributed by atoms with Gasteiger partial charge in [0, 0.05) is 30.8 Å². The highest BCUT2D eigenvalue weighted by atomic mass is 16.5. The molecule has 0 spiro atoms. The molecule has 0 saturated carbocycles. The summed E-state index contributed by atoms with van der Waals surface area (Å²) in [6, 6.07) is 4.39. The smallest absolute Gasteiger partial charge is 0.255 e. The number of carbonyl (C=O) groups excluding carboxylic acids is 4. The average molecular weight is 477 g/mol. The highest BCUT2D eigenvalue weighted by Crippen LogP contribution is 2.29. The molecule has 1 atom stereocenters. The number of hydrogen-bond donors (Lipinski definition) is 3. The number of piperidine rings is 1. The SMILES string of the molecule is CNCCOCCOCCOCCC(=O)Nc1ccc2c(c1)CN(C1CCC(=O)NC1=O)C2=O. The Morgan fingerprint density at radius 2 is 1.76 bits per heavy atom. The van der Waals surface area contributed by atoms with Gasteiger partial charge in [0.1, 0.15) is 6.04 Å². The lowest BCUT2D eigenvalue weighted by Gasteiger charge is -2.29. The second-order valence-corrected chi connectivity index (χ2v) is 8.01. The molecule has 0 radical (unpaired) electrons. The molecule has 1 saturated heterocycles. The van der Waals surface area contributed by atoms with Crippen molar-refractivity contribution in [3.63, 3.8) is 0 Å². The molecule has 1 fully saturated rings. The Labute approximate surface area is 198 Å². The summed E-state index contributed by atoms with van der Waals surface area (Å²) in [4.78, 5) is 49.9. The maximum Gasteiger partial charge on any atom is 0.255 e. The molecule has 4 amide bonds. The fourth-order valence-corrected chi connectivity index (χ4v) is 3.76. The lowest BCUT2D eigenvalue weighted by atomic mass is 10.0. The van der Waals surface area contributed by atoms with Crippen LogP contribution in [0.1, 0.15) is 35.2 Å². The van der Waals surface area contributed by atoms with E-state index in [0.717, 1.165) is 12.1 Å². The number of fused-ring (bicyclic) bond motifs is 1. The molecule has 2 aliphatic heterocycles. The van der Waals surface area contributed by atoms with Crippen molar-refractivity contribution in [1.82, 2.24) is 15.5 Å². The molecule has 11 nitrogen and oxygen atoms in total. The maximum atomic E-state index is 12.7. The van der Waals surface area contributed by atoms with Crippen LogP contribution in [0.4, 0.5) is 5.69 Å². The standard InChI is InChI=1S/C23H32N4O7/c1-24-7-9-33-11-13-34-12-10-32-8-6-21(29)25-17-2-3-18-16(14-17)15-27(23(18)31)19-4-5-20(28)26-22(19)30/h2-3,14,19,24H,4-13,15H2,1H3,(H,25,29)(H,26,28,30). The second kappa shape index (κ2) is 13.1. The number of anilines is 1. The number of rotatable bonds is 14. The Morgan fingerprint density at radius 3 is 2.47 bits per heavy atom. The molecule has 0 aliphatic carbocycles. The van der Waals surface area contributed by atoms with Crippen molar-refractivity contribution in [3.8, 4) is 0 Å². The van der Waals surface area contributed by atoms with Crippen molar-refractivity contribution in [2.75, 3.05) is 58.6 Å². The number of imide groups is 1. The minimum absolute atomic E-state index is 0.186. The van der Waals surface area contributed by atoms with Crippen LogP contribution in [0, 0.1) is 0 Å². The fraction of sp³-hybridized carbons (Fsp3) is 0.565. The van der Waals surface area contributed by atoms with Crippen LogP contribution in [0.15, 0.2) is 18.2 Å². The van der Waals surface area contributed by atoms with E-state index in [4.69, 9.17) is 14.2 Å². The van der Waals surface area contributed by atoms with Crippen molar-refractivity contribution in [3.05, 3.63) is 29.3 Å². The first-order valence-electron chi connectivity index (χ1n) is 11.4. The molecule has 1 unspecified atom stereocenters. The van der Waals surface area contributed by atoms with Crippen molar-refractivity contribution < 1.29 is 33.4 Å². The van der Waals surface area contributed by atoms with E-state index in [0.29, 0.717) is 50.7 Å². The summed E-state index contributed by atoms with van der Waals surface area (Å²) in [5.41, 5.74) is 1.80. The molecule has 3 N–H and O–H groups in total. The normalized spacial score (nSPS) is 17.6. The number of carbonyl (C=O) groups is 4. The van der Waals surface area contributed by atoms with Gasteiger partial charge in [-0.2, -0.15) is 0 Å². The lowest BCUT2D eigenvalue weighted by Crippen LogP contribution is -2.52. The molecular weight excluding hydrogens is 444 g/mol. The minimum Gasteiger partial charge on any atom is -0.379 e. The molecule has 186 valence electrons. The zero-order valence-corrected chi connectivity index (χ0v) is 19.4. The summed E-state index contributed by atoms with van der Waals surface area (Å²) in [5, 5.41) is 8.08. The molecule has 2 aliphatic rings. The van der Waals surface area contributed by atoms with Gasteiger partial charge in [-0.05, 0) is 37.2 Å². The van der Waals surface area contributed by atoms with Crippen LogP contribution < -0.4 is 16.0 Å². The van der Waals surface area contributed by atoms with Crippen molar-refractivity contribution in [1.29, 1.82) is 0 Å². The molecular formula is C23H32N4O7. The molecule has 0 aromatic heterocycles. The summed E-state index contributed by atoms with van der Waals surface area (Å²) in [7, 11) is 1.87. The van der Waals surface area contributed by atoms with Gasteiger partial charge in [-0.15, -0.1) is 0 Å². The van der Waals surface area contributed by atoms with Crippen LogP contribution in [-0.4, -0.2) is 87.8 Å². The predicted molar refractivity (Wildman–Crippen MR) is 122 cm³/mol.